The molecule has 1 aliphatic carbocycles. The predicted molar refractivity (Wildman–Crippen MR) is 161 cm³/mol. The van der Waals surface area contributed by atoms with Gasteiger partial charge in [-0.2, -0.15) is 0 Å². The summed E-state index contributed by atoms with van der Waals surface area (Å²) in [4.78, 5) is 16.9. The SMILES string of the molecule is C=C/C=C\C=N/CCNC(=O)c1ccc(N)c(C(=N)c2ccc(P(C)C3CC(C)CCC(C)C3)cc2)c1. The van der Waals surface area contributed by atoms with Crippen molar-refractivity contribution in [3.8, 4) is 0 Å². The van der Waals surface area contributed by atoms with E-state index in [4.69, 9.17) is 11.1 Å². The van der Waals surface area contributed by atoms with Crippen molar-refractivity contribution in [2.24, 2.45) is 16.8 Å². The summed E-state index contributed by atoms with van der Waals surface area (Å²) in [5.74, 6) is 1.39. The Kier molecular flexibility index (Phi) is 10.8. The minimum atomic E-state index is -0.248. The molecule has 0 spiro atoms. The Morgan fingerprint density at radius 2 is 1.76 bits per heavy atom. The highest BCUT2D eigenvalue weighted by Gasteiger charge is 2.26. The van der Waals surface area contributed by atoms with Crippen LogP contribution in [0.4, 0.5) is 5.69 Å². The van der Waals surface area contributed by atoms with Gasteiger partial charge in [0.2, 0.25) is 0 Å². The predicted octanol–water partition coefficient (Wildman–Crippen LogP) is 6.18. The molecule has 3 rings (SSSR count). The lowest BCUT2D eigenvalue weighted by atomic mass is 9.98. The van der Waals surface area contributed by atoms with Gasteiger partial charge in [0.05, 0.1) is 12.3 Å². The molecule has 5 nitrogen and oxygen atoms in total. The lowest BCUT2D eigenvalue weighted by molar-refractivity contribution is 0.0955. The molecule has 1 saturated carbocycles. The Balaban J connectivity index is 1.66. The molecular weight excluding hydrogens is 475 g/mol. The number of rotatable bonds is 10. The molecule has 2 aromatic carbocycles. The fraction of sp³-hybridized carbons (Fsp3) is 0.387. The second kappa shape index (κ2) is 14.0. The average molecular weight is 517 g/mol. The lowest BCUT2D eigenvalue weighted by Crippen LogP contribution is -2.26. The topological polar surface area (TPSA) is 91.3 Å². The zero-order valence-electron chi connectivity index (χ0n) is 22.4. The Hall–Kier alpha value is -3.04. The molecule has 0 aliphatic heterocycles. The Morgan fingerprint density at radius 3 is 2.41 bits per heavy atom. The van der Waals surface area contributed by atoms with Gasteiger partial charge in [0.1, 0.15) is 0 Å². The number of nitrogens with one attached hydrogen (secondary N) is 2. The molecule has 1 aliphatic rings. The van der Waals surface area contributed by atoms with E-state index in [1.807, 2.05) is 12.1 Å². The van der Waals surface area contributed by atoms with E-state index in [0.717, 1.165) is 23.1 Å². The second-order valence-electron chi connectivity index (χ2n) is 10.2. The molecule has 2 aromatic rings. The van der Waals surface area contributed by atoms with Crippen molar-refractivity contribution in [3.63, 3.8) is 0 Å². The van der Waals surface area contributed by atoms with Gasteiger partial charge in [0.15, 0.2) is 0 Å². The molecule has 0 aromatic heterocycles. The van der Waals surface area contributed by atoms with Crippen LogP contribution in [0.3, 0.4) is 0 Å². The Bertz CT molecular complexity index is 1130. The monoisotopic (exact) mass is 516 g/mol. The first-order valence-corrected chi connectivity index (χ1v) is 15.0. The number of nitrogens with zero attached hydrogens (tertiary/aromatic N) is 1. The van der Waals surface area contributed by atoms with E-state index in [1.165, 1.54) is 31.0 Å². The summed E-state index contributed by atoms with van der Waals surface area (Å²) in [5, 5.41) is 13.1. The molecule has 37 heavy (non-hydrogen) atoms. The fourth-order valence-electron chi connectivity index (χ4n) is 4.89. The Morgan fingerprint density at radius 1 is 1.11 bits per heavy atom. The van der Waals surface area contributed by atoms with Crippen LogP contribution < -0.4 is 16.4 Å². The van der Waals surface area contributed by atoms with Crippen molar-refractivity contribution >= 4 is 36.7 Å². The first-order chi connectivity index (χ1) is 17.8. The largest absolute Gasteiger partial charge is 0.398 e. The number of carbonyl (C=O) groups excluding carboxylic acids is 1. The zero-order chi connectivity index (χ0) is 26.8. The van der Waals surface area contributed by atoms with Crippen LogP contribution in [0, 0.1) is 17.2 Å². The number of allylic oxidation sites excluding steroid dienone is 3. The van der Waals surface area contributed by atoms with Crippen LogP contribution in [0.25, 0.3) is 0 Å². The van der Waals surface area contributed by atoms with E-state index in [9.17, 15) is 4.79 Å². The highest BCUT2D eigenvalue weighted by atomic mass is 31.1. The number of hydrogen-bond donors (Lipinski definition) is 3. The maximum absolute atomic E-state index is 12.6. The quantitative estimate of drug-likeness (QED) is 0.0879. The van der Waals surface area contributed by atoms with Crippen LogP contribution in [-0.4, -0.2) is 43.2 Å². The molecule has 0 radical (unpaired) electrons. The lowest BCUT2D eigenvalue weighted by Gasteiger charge is -2.26. The van der Waals surface area contributed by atoms with Gasteiger partial charge in [0.25, 0.3) is 5.91 Å². The third-order valence-electron chi connectivity index (χ3n) is 7.16. The third kappa shape index (κ3) is 8.23. The summed E-state index contributed by atoms with van der Waals surface area (Å²) in [6.45, 7) is 11.7. The minimum Gasteiger partial charge on any atom is -0.398 e. The normalized spacial score (nSPS) is 21.0. The maximum atomic E-state index is 12.6. The molecule has 4 N–H and O–H groups in total. The number of nitrogen functional groups attached to an aromatic ring is 1. The maximum Gasteiger partial charge on any atom is 0.251 e. The molecule has 1 fully saturated rings. The number of aliphatic imine (C=N–C) groups is 1. The van der Waals surface area contributed by atoms with E-state index in [2.05, 4.69) is 49.5 Å². The standard InChI is InChI=1S/C31H41N4OP/c1-5-6-7-16-34-17-18-35-31(36)25-12-15-29(32)28(21-25)30(33)24-10-13-26(14-11-24)37(4)27-19-22(2)8-9-23(3)20-27/h5-7,10-16,21-23,27,33H,1,8-9,17-20,32H2,2-4H3,(H,35,36)/b7-6-,33-30?,34-16-. The molecule has 3 atom stereocenters. The molecular formula is C31H41N4OP. The van der Waals surface area contributed by atoms with Crippen molar-refractivity contribution in [2.75, 3.05) is 25.5 Å². The fourth-order valence-corrected chi connectivity index (χ4v) is 7.28. The molecule has 6 heteroatoms. The number of nitrogens with two attached hydrogens (primary N) is 1. The highest BCUT2D eigenvalue weighted by Crippen LogP contribution is 2.45. The summed E-state index contributed by atoms with van der Waals surface area (Å²) >= 11 is 0. The van der Waals surface area contributed by atoms with Crippen molar-refractivity contribution < 1.29 is 4.79 Å². The first-order valence-electron chi connectivity index (χ1n) is 13.2. The summed E-state index contributed by atoms with van der Waals surface area (Å²) in [6.07, 6.45) is 12.3. The van der Waals surface area contributed by atoms with E-state index >= 15 is 0 Å². The van der Waals surface area contributed by atoms with Crippen LogP contribution in [0.5, 0.6) is 0 Å². The highest BCUT2D eigenvalue weighted by molar-refractivity contribution is 7.65. The number of amides is 1. The smallest absolute Gasteiger partial charge is 0.251 e. The van der Waals surface area contributed by atoms with Crippen LogP contribution in [0.15, 0.2) is 72.3 Å². The zero-order valence-corrected chi connectivity index (χ0v) is 23.3. The molecule has 0 heterocycles. The number of benzene rings is 2. The van der Waals surface area contributed by atoms with Crippen molar-refractivity contribution in [1.82, 2.24) is 5.32 Å². The third-order valence-corrected chi connectivity index (χ3v) is 9.79. The number of anilines is 1. The van der Waals surface area contributed by atoms with E-state index < -0.39 is 0 Å². The van der Waals surface area contributed by atoms with Crippen LogP contribution in [0.2, 0.25) is 0 Å². The summed E-state index contributed by atoms with van der Waals surface area (Å²) in [6, 6.07) is 13.5. The van der Waals surface area contributed by atoms with Crippen molar-refractivity contribution in [3.05, 3.63) is 84.0 Å². The summed E-state index contributed by atoms with van der Waals surface area (Å²) in [7, 11) is -0.248. The second-order valence-corrected chi connectivity index (χ2v) is 12.6. The number of hydrogen-bond acceptors (Lipinski definition) is 4. The summed E-state index contributed by atoms with van der Waals surface area (Å²) < 4.78 is 0. The van der Waals surface area contributed by atoms with E-state index in [-0.39, 0.29) is 13.8 Å². The number of carbonyl (C=O) groups is 1. The van der Waals surface area contributed by atoms with Gasteiger partial charge in [-0.15, -0.1) is 0 Å². The average Bonchev–Trinajstić information content (AvgIpc) is 3.07. The van der Waals surface area contributed by atoms with Gasteiger partial charge in [0, 0.05) is 35.1 Å². The van der Waals surface area contributed by atoms with Gasteiger partial charge in [-0.3, -0.25) is 15.2 Å². The van der Waals surface area contributed by atoms with Gasteiger partial charge in [-0.1, -0.05) is 77.6 Å². The molecule has 1 amide bonds. The molecule has 0 bridgehead atoms. The van der Waals surface area contributed by atoms with Crippen molar-refractivity contribution in [1.29, 1.82) is 5.41 Å². The van der Waals surface area contributed by atoms with Crippen LogP contribution in [0.1, 0.15) is 61.0 Å². The Labute approximate surface area is 223 Å². The molecule has 3 unspecified atom stereocenters. The van der Waals surface area contributed by atoms with Gasteiger partial charge in [-0.05, 0) is 66.6 Å². The molecule has 196 valence electrons. The summed E-state index contributed by atoms with van der Waals surface area (Å²) in [5.41, 5.74) is 9.65. The van der Waals surface area contributed by atoms with Gasteiger partial charge in [-0.25, -0.2) is 0 Å². The minimum absolute atomic E-state index is 0.204. The van der Waals surface area contributed by atoms with E-state index in [1.54, 1.807) is 42.6 Å². The van der Waals surface area contributed by atoms with Gasteiger partial charge < -0.3 is 11.1 Å². The molecule has 0 saturated heterocycles. The van der Waals surface area contributed by atoms with Crippen LogP contribution in [-0.2, 0) is 0 Å². The van der Waals surface area contributed by atoms with Gasteiger partial charge >= 0.3 is 0 Å². The first kappa shape index (κ1) is 28.5. The van der Waals surface area contributed by atoms with Crippen molar-refractivity contribution in [2.45, 2.75) is 45.2 Å². The van der Waals surface area contributed by atoms with E-state index in [0.29, 0.717) is 35.6 Å². The van der Waals surface area contributed by atoms with Crippen LogP contribution >= 0.6 is 7.92 Å².